The van der Waals surface area contributed by atoms with Gasteiger partial charge in [0.2, 0.25) is 0 Å². The summed E-state index contributed by atoms with van der Waals surface area (Å²) in [4.78, 5) is 13.0. The van der Waals surface area contributed by atoms with Crippen molar-refractivity contribution in [2.45, 2.75) is 24.8 Å². The van der Waals surface area contributed by atoms with Gasteiger partial charge < -0.3 is 10.1 Å². The predicted molar refractivity (Wildman–Crippen MR) is 117 cm³/mol. The van der Waals surface area contributed by atoms with Crippen molar-refractivity contribution < 1.29 is 17.9 Å². The zero-order chi connectivity index (χ0) is 21.7. The summed E-state index contributed by atoms with van der Waals surface area (Å²) in [5.41, 5.74) is 2.28. The van der Waals surface area contributed by atoms with E-state index in [2.05, 4.69) is 10.0 Å². The van der Waals surface area contributed by atoms with Gasteiger partial charge in [-0.2, -0.15) is 0 Å². The smallest absolute Gasteiger partial charge is 0.261 e. The van der Waals surface area contributed by atoms with Crippen molar-refractivity contribution in [1.82, 2.24) is 5.32 Å². The molecular formula is C23H24N2O4S. The van der Waals surface area contributed by atoms with E-state index in [0.29, 0.717) is 22.6 Å². The summed E-state index contributed by atoms with van der Waals surface area (Å²) in [7, 11) is -2.17. The Bertz CT molecular complexity index is 1140. The van der Waals surface area contributed by atoms with Gasteiger partial charge in [-0.25, -0.2) is 8.42 Å². The molecule has 2 N–H and O–H groups in total. The molecule has 7 heteroatoms. The molecule has 0 saturated carbocycles. The number of nitrogens with one attached hydrogen (secondary N) is 2. The maximum absolute atomic E-state index is 12.8. The molecule has 0 fully saturated rings. The quantitative estimate of drug-likeness (QED) is 0.592. The van der Waals surface area contributed by atoms with Gasteiger partial charge in [0, 0.05) is 11.1 Å². The predicted octanol–water partition coefficient (Wildman–Crippen LogP) is 4.30. The van der Waals surface area contributed by atoms with Crippen LogP contribution in [0.4, 0.5) is 5.69 Å². The molecule has 30 heavy (non-hydrogen) atoms. The monoisotopic (exact) mass is 424 g/mol. The number of carbonyl (C=O) groups excluding carboxylic acids is 1. The van der Waals surface area contributed by atoms with Crippen LogP contribution in [-0.4, -0.2) is 21.4 Å². The van der Waals surface area contributed by atoms with Crippen LogP contribution in [-0.2, 0) is 10.0 Å². The van der Waals surface area contributed by atoms with E-state index in [1.165, 1.54) is 12.1 Å². The molecule has 6 nitrogen and oxygen atoms in total. The fraction of sp³-hybridized carbons (Fsp3) is 0.174. The zero-order valence-corrected chi connectivity index (χ0v) is 17.9. The second-order valence-corrected chi connectivity index (χ2v) is 8.57. The summed E-state index contributed by atoms with van der Waals surface area (Å²) >= 11 is 0. The van der Waals surface area contributed by atoms with Gasteiger partial charge in [-0.05, 0) is 49.7 Å². The minimum Gasteiger partial charge on any atom is -0.496 e. The molecule has 0 heterocycles. The Labute approximate surface area is 177 Å². The van der Waals surface area contributed by atoms with E-state index in [1.807, 2.05) is 31.2 Å². The number of sulfonamides is 1. The molecule has 3 rings (SSSR count). The number of amides is 1. The lowest BCUT2D eigenvalue weighted by Crippen LogP contribution is -2.27. The maximum Gasteiger partial charge on any atom is 0.261 e. The van der Waals surface area contributed by atoms with Crippen LogP contribution < -0.4 is 14.8 Å². The van der Waals surface area contributed by atoms with E-state index < -0.39 is 10.0 Å². The Morgan fingerprint density at radius 2 is 1.63 bits per heavy atom. The van der Waals surface area contributed by atoms with Crippen molar-refractivity contribution in [1.29, 1.82) is 0 Å². The van der Waals surface area contributed by atoms with Crippen molar-refractivity contribution in [3.05, 3.63) is 89.5 Å². The van der Waals surface area contributed by atoms with Gasteiger partial charge >= 0.3 is 0 Å². The largest absolute Gasteiger partial charge is 0.496 e. The summed E-state index contributed by atoms with van der Waals surface area (Å²) in [5, 5.41) is 2.93. The molecule has 0 radical (unpaired) electrons. The molecule has 0 aliphatic heterocycles. The molecule has 0 aromatic heterocycles. The molecule has 0 saturated heterocycles. The highest BCUT2D eigenvalue weighted by molar-refractivity contribution is 7.92. The average molecular weight is 425 g/mol. The van der Waals surface area contributed by atoms with Gasteiger partial charge in [-0.15, -0.1) is 0 Å². The van der Waals surface area contributed by atoms with E-state index >= 15 is 0 Å². The third kappa shape index (κ3) is 4.80. The molecule has 1 atom stereocenters. The number of benzene rings is 3. The average Bonchev–Trinajstić information content (AvgIpc) is 2.75. The summed E-state index contributed by atoms with van der Waals surface area (Å²) < 4.78 is 33.2. The van der Waals surface area contributed by atoms with E-state index in [9.17, 15) is 13.2 Å². The second kappa shape index (κ2) is 9.00. The van der Waals surface area contributed by atoms with Crippen LogP contribution in [0.25, 0.3) is 0 Å². The molecule has 0 bridgehead atoms. The lowest BCUT2D eigenvalue weighted by Gasteiger charge is -2.18. The Morgan fingerprint density at radius 1 is 0.967 bits per heavy atom. The first-order valence-electron chi connectivity index (χ1n) is 9.44. The first kappa shape index (κ1) is 21.4. The highest BCUT2D eigenvalue weighted by Gasteiger charge is 2.18. The van der Waals surface area contributed by atoms with E-state index in [0.717, 1.165) is 5.56 Å². The molecule has 3 aromatic rings. The maximum atomic E-state index is 12.8. The normalized spacial score (nSPS) is 12.1. The summed E-state index contributed by atoms with van der Waals surface area (Å²) in [6, 6.07) is 20.2. The van der Waals surface area contributed by atoms with Gasteiger partial charge in [0.25, 0.3) is 15.9 Å². The lowest BCUT2D eigenvalue weighted by molar-refractivity contribution is 0.0939. The van der Waals surface area contributed by atoms with E-state index in [-0.39, 0.29) is 16.8 Å². The Balaban J connectivity index is 1.81. The van der Waals surface area contributed by atoms with Crippen LogP contribution in [0.3, 0.4) is 0 Å². The van der Waals surface area contributed by atoms with Gasteiger partial charge in [0.15, 0.2) is 0 Å². The lowest BCUT2D eigenvalue weighted by atomic mass is 10.1. The number of hydrogen-bond acceptors (Lipinski definition) is 4. The highest BCUT2D eigenvalue weighted by Crippen LogP contribution is 2.25. The van der Waals surface area contributed by atoms with Crippen molar-refractivity contribution >= 4 is 21.6 Å². The highest BCUT2D eigenvalue weighted by atomic mass is 32.2. The summed E-state index contributed by atoms with van der Waals surface area (Å²) in [5.74, 6) is 0.374. The van der Waals surface area contributed by atoms with Gasteiger partial charge in [0.05, 0.1) is 23.7 Å². The standard InChI is InChI=1S/C23H24N2O4S/c1-16-13-14-18(15-21(16)25-30(27,28)19-9-5-4-6-10-19)23(26)24-17(2)20-11-7-8-12-22(20)29-3/h4-15,17,25H,1-3H3,(H,24,26). The van der Waals surface area contributed by atoms with Crippen LogP contribution in [0.1, 0.15) is 34.5 Å². The fourth-order valence-electron chi connectivity index (χ4n) is 3.06. The van der Waals surface area contributed by atoms with Crippen LogP contribution in [0, 0.1) is 6.92 Å². The SMILES string of the molecule is COc1ccccc1C(C)NC(=O)c1ccc(C)c(NS(=O)(=O)c2ccccc2)c1. The Kier molecular flexibility index (Phi) is 6.42. The summed E-state index contributed by atoms with van der Waals surface area (Å²) in [6.07, 6.45) is 0. The van der Waals surface area contributed by atoms with Gasteiger partial charge in [-0.1, -0.05) is 42.5 Å². The van der Waals surface area contributed by atoms with Crippen LogP contribution in [0.15, 0.2) is 77.7 Å². The molecule has 1 unspecified atom stereocenters. The van der Waals surface area contributed by atoms with Crippen LogP contribution >= 0.6 is 0 Å². The molecule has 156 valence electrons. The number of hydrogen-bond donors (Lipinski definition) is 2. The van der Waals surface area contributed by atoms with Crippen molar-refractivity contribution in [3.8, 4) is 5.75 Å². The third-order valence-corrected chi connectivity index (χ3v) is 6.13. The number of anilines is 1. The van der Waals surface area contributed by atoms with Gasteiger partial charge in [0.1, 0.15) is 5.75 Å². The van der Waals surface area contributed by atoms with Crippen molar-refractivity contribution in [2.75, 3.05) is 11.8 Å². The third-order valence-electron chi connectivity index (χ3n) is 4.75. The van der Waals surface area contributed by atoms with Gasteiger partial charge in [-0.3, -0.25) is 9.52 Å². The Morgan fingerprint density at radius 3 is 2.33 bits per heavy atom. The minimum atomic E-state index is -3.75. The molecule has 1 amide bonds. The number of aryl methyl sites for hydroxylation is 1. The Hall–Kier alpha value is -3.32. The van der Waals surface area contributed by atoms with Crippen molar-refractivity contribution in [3.63, 3.8) is 0 Å². The van der Waals surface area contributed by atoms with E-state index in [4.69, 9.17) is 4.74 Å². The second-order valence-electron chi connectivity index (χ2n) is 6.89. The number of ether oxygens (including phenoxy) is 1. The number of methoxy groups -OCH3 is 1. The zero-order valence-electron chi connectivity index (χ0n) is 17.0. The van der Waals surface area contributed by atoms with Crippen LogP contribution in [0.2, 0.25) is 0 Å². The number of rotatable bonds is 7. The fourth-order valence-corrected chi connectivity index (χ4v) is 4.20. The van der Waals surface area contributed by atoms with E-state index in [1.54, 1.807) is 50.4 Å². The molecule has 0 aliphatic rings. The molecular weight excluding hydrogens is 400 g/mol. The molecule has 3 aromatic carbocycles. The van der Waals surface area contributed by atoms with Crippen molar-refractivity contribution in [2.24, 2.45) is 0 Å². The topological polar surface area (TPSA) is 84.5 Å². The summed E-state index contributed by atoms with van der Waals surface area (Å²) in [6.45, 7) is 3.64. The number of para-hydroxylation sites is 1. The first-order valence-corrected chi connectivity index (χ1v) is 10.9. The first-order chi connectivity index (χ1) is 14.3. The minimum absolute atomic E-state index is 0.157. The molecule has 0 aliphatic carbocycles. The molecule has 0 spiro atoms. The van der Waals surface area contributed by atoms with Crippen LogP contribution in [0.5, 0.6) is 5.75 Å². The number of carbonyl (C=O) groups is 1.